The minimum Gasteiger partial charge on any atom is -0.467 e. The molecule has 4 aromatic rings. The van der Waals surface area contributed by atoms with E-state index in [1.54, 1.807) is 55.7 Å². The molecule has 0 bridgehead atoms. The molecular formula is C20H19N3O5. The summed E-state index contributed by atoms with van der Waals surface area (Å²) in [4.78, 5) is 19.6. The van der Waals surface area contributed by atoms with Crippen molar-refractivity contribution in [3.8, 4) is 11.5 Å². The van der Waals surface area contributed by atoms with E-state index in [0.29, 0.717) is 59.3 Å². The third-order valence-electron chi connectivity index (χ3n) is 4.40. The molecule has 8 heteroatoms. The third kappa shape index (κ3) is 3.41. The molecule has 0 aliphatic heterocycles. The lowest BCUT2D eigenvalue weighted by molar-refractivity contribution is 0.0668. The maximum absolute atomic E-state index is 13.5. The number of nitrogens with zero attached hydrogens (tertiary/aromatic N) is 3. The van der Waals surface area contributed by atoms with E-state index in [9.17, 15) is 4.79 Å². The van der Waals surface area contributed by atoms with Crippen LogP contribution in [0.25, 0.3) is 22.6 Å². The first-order chi connectivity index (χ1) is 13.7. The van der Waals surface area contributed by atoms with Crippen LogP contribution in [0.2, 0.25) is 0 Å². The number of hydrogen-bond donors (Lipinski definition) is 0. The van der Waals surface area contributed by atoms with Crippen molar-refractivity contribution in [3.63, 3.8) is 0 Å². The molecule has 1 amide bonds. The van der Waals surface area contributed by atoms with Gasteiger partial charge in [0.2, 0.25) is 0 Å². The molecule has 0 spiro atoms. The second kappa shape index (κ2) is 7.69. The van der Waals surface area contributed by atoms with Gasteiger partial charge in [0.15, 0.2) is 5.76 Å². The Balaban J connectivity index is 1.78. The number of carbonyl (C=O) groups is 1. The van der Waals surface area contributed by atoms with Crippen molar-refractivity contribution in [2.24, 2.45) is 0 Å². The number of carbonyl (C=O) groups excluding carboxylic acids is 1. The Hall–Kier alpha value is -3.39. The molecule has 0 fully saturated rings. The van der Waals surface area contributed by atoms with Gasteiger partial charge in [-0.15, -0.1) is 0 Å². The summed E-state index contributed by atoms with van der Waals surface area (Å²) in [7, 11) is 1.60. The minimum absolute atomic E-state index is 0.194. The molecule has 0 saturated carbocycles. The van der Waals surface area contributed by atoms with Gasteiger partial charge >= 0.3 is 0 Å². The lowest BCUT2D eigenvalue weighted by Gasteiger charge is -2.22. The van der Waals surface area contributed by atoms with Crippen LogP contribution in [0.1, 0.15) is 21.8 Å². The standard InChI is InChI=1S/C20H19N3O5/c1-13-18-15(11-16(17-6-4-9-27-17)21-19(18)28-22-13)20(24)23(7-10-25-2)12-14-5-3-8-26-14/h3-6,8-9,11H,7,10,12H2,1-2H3. The first-order valence-corrected chi connectivity index (χ1v) is 8.79. The lowest BCUT2D eigenvalue weighted by atomic mass is 10.1. The number of aromatic nitrogens is 2. The predicted octanol–water partition coefficient (Wildman–Crippen LogP) is 3.67. The first-order valence-electron chi connectivity index (χ1n) is 8.79. The van der Waals surface area contributed by atoms with Crippen LogP contribution in [0.4, 0.5) is 0 Å². The molecule has 4 rings (SSSR count). The van der Waals surface area contributed by atoms with E-state index in [1.807, 2.05) is 6.07 Å². The van der Waals surface area contributed by atoms with Crippen LogP contribution >= 0.6 is 0 Å². The second-order valence-corrected chi connectivity index (χ2v) is 6.28. The Kier molecular flexibility index (Phi) is 4.94. The van der Waals surface area contributed by atoms with Crippen molar-refractivity contribution in [1.82, 2.24) is 15.0 Å². The topological polar surface area (TPSA) is 94.7 Å². The summed E-state index contributed by atoms with van der Waals surface area (Å²) in [5.74, 6) is 1.03. The highest BCUT2D eigenvalue weighted by Crippen LogP contribution is 2.28. The van der Waals surface area contributed by atoms with Crippen molar-refractivity contribution >= 4 is 17.0 Å². The molecule has 0 atom stereocenters. The van der Waals surface area contributed by atoms with Crippen LogP contribution < -0.4 is 0 Å². The maximum atomic E-state index is 13.5. The highest BCUT2D eigenvalue weighted by molar-refractivity contribution is 6.06. The smallest absolute Gasteiger partial charge is 0.259 e. The summed E-state index contributed by atoms with van der Waals surface area (Å²) in [6, 6.07) is 8.86. The monoisotopic (exact) mass is 381 g/mol. The van der Waals surface area contributed by atoms with Crippen molar-refractivity contribution in [1.29, 1.82) is 0 Å². The average molecular weight is 381 g/mol. The minimum atomic E-state index is -0.194. The number of pyridine rings is 1. The summed E-state index contributed by atoms with van der Waals surface area (Å²) in [5, 5.41) is 4.56. The quantitative estimate of drug-likeness (QED) is 0.482. The van der Waals surface area contributed by atoms with E-state index in [4.69, 9.17) is 18.1 Å². The predicted molar refractivity (Wildman–Crippen MR) is 99.6 cm³/mol. The van der Waals surface area contributed by atoms with Gasteiger partial charge in [0.1, 0.15) is 11.5 Å². The van der Waals surface area contributed by atoms with Crippen LogP contribution in [0.3, 0.4) is 0 Å². The summed E-state index contributed by atoms with van der Waals surface area (Å²) in [6.07, 6.45) is 3.13. The normalized spacial score (nSPS) is 11.2. The van der Waals surface area contributed by atoms with Gasteiger partial charge < -0.3 is 23.0 Å². The van der Waals surface area contributed by atoms with E-state index in [-0.39, 0.29) is 5.91 Å². The van der Waals surface area contributed by atoms with Crippen molar-refractivity contribution in [3.05, 3.63) is 59.9 Å². The zero-order valence-corrected chi connectivity index (χ0v) is 15.5. The summed E-state index contributed by atoms with van der Waals surface area (Å²) in [5.41, 5.74) is 1.83. The Morgan fingerprint density at radius 2 is 2.04 bits per heavy atom. The molecule has 4 aromatic heterocycles. The maximum Gasteiger partial charge on any atom is 0.259 e. The first kappa shape index (κ1) is 18.0. The summed E-state index contributed by atoms with van der Waals surface area (Å²) < 4.78 is 21.4. The zero-order chi connectivity index (χ0) is 19.5. The summed E-state index contributed by atoms with van der Waals surface area (Å²) >= 11 is 0. The molecule has 144 valence electrons. The molecule has 0 N–H and O–H groups in total. The third-order valence-corrected chi connectivity index (χ3v) is 4.40. The molecular weight excluding hydrogens is 362 g/mol. The Morgan fingerprint density at radius 1 is 1.21 bits per heavy atom. The highest BCUT2D eigenvalue weighted by atomic mass is 16.5. The van der Waals surface area contributed by atoms with Crippen molar-refractivity contribution in [2.75, 3.05) is 20.3 Å². The second-order valence-electron chi connectivity index (χ2n) is 6.28. The molecule has 0 aliphatic carbocycles. The summed E-state index contributed by atoms with van der Waals surface area (Å²) in [6.45, 7) is 2.90. The van der Waals surface area contributed by atoms with Gasteiger partial charge in [0, 0.05) is 13.7 Å². The molecule has 0 saturated heterocycles. The van der Waals surface area contributed by atoms with Crippen LogP contribution in [0.5, 0.6) is 0 Å². The lowest BCUT2D eigenvalue weighted by Crippen LogP contribution is -2.33. The largest absolute Gasteiger partial charge is 0.467 e. The molecule has 0 unspecified atom stereocenters. The zero-order valence-electron chi connectivity index (χ0n) is 15.5. The number of methoxy groups -OCH3 is 1. The molecule has 8 nitrogen and oxygen atoms in total. The van der Waals surface area contributed by atoms with E-state index in [1.165, 1.54) is 0 Å². The molecule has 4 heterocycles. The fourth-order valence-corrected chi connectivity index (χ4v) is 3.03. The van der Waals surface area contributed by atoms with Crippen molar-refractivity contribution in [2.45, 2.75) is 13.5 Å². The SMILES string of the molecule is COCCN(Cc1ccco1)C(=O)c1cc(-c2ccco2)nc2onc(C)c12. The number of ether oxygens (including phenoxy) is 1. The average Bonchev–Trinajstić information content (AvgIpc) is 3.46. The van der Waals surface area contributed by atoms with Crippen molar-refractivity contribution < 1.29 is 22.9 Å². The van der Waals surface area contributed by atoms with Gasteiger partial charge in [0.05, 0.1) is 42.3 Å². The van der Waals surface area contributed by atoms with Gasteiger partial charge in [-0.05, 0) is 37.3 Å². The number of hydrogen-bond acceptors (Lipinski definition) is 7. The Bertz CT molecular complexity index is 1070. The fourth-order valence-electron chi connectivity index (χ4n) is 3.03. The fraction of sp³-hybridized carbons (Fsp3) is 0.250. The van der Waals surface area contributed by atoms with Crippen LogP contribution in [0.15, 0.2) is 56.2 Å². The van der Waals surface area contributed by atoms with E-state index < -0.39 is 0 Å². The number of furan rings is 2. The van der Waals surface area contributed by atoms with Gasteiger partial charge in [0.25, 0.3) is 11.6 Å². The van der Waals surface area contributed by atoms with Gasteiger partial charge in [-0.2, -0.15) is 0 Å². The van der Waals surface area contributed by atoms with Gasteiger partial charge in [-0.25, -0.2) is 4.98 Å². The molecule has 0 aliphatic rings. The number of fused-ring (bicyclic) bond motifs is 1. The van der Waals surface area contributed by atoms with Gasteiger partial charge in [-0.3, -0.25) is 4.79 Å². The van der Waals surface area contributed by atoms with Crippen LogP contribution in [-0.4, -0.2) is 41.2 Å². The van der Waals surface area contributed by atoms with Crippen LogP contribution in [0, 0.1) is 6.92 Å². The number of aryl methyl sites for hydroxylation is 1. The van der Waals surface area contributed by atoms with Crippen LogP contribution in [-0.2, 0) is 11.3 Å². The van der Waals surface area contributed by atoms with Gasteiger partial charge in [-0.1, -0.05) is 5.16 Å². The Labute approximate surface area is 160 Å². The Morgan fingerprint density at radius 3 is 2.75 bits per heavy atom. The molecule has 28 heavy (non-hydrogen) atoms. The molecule has 0 aromatic carbocycles. The van der Waals surface area contributed by atoms with E-state index in [0.717, 1.165) is 0 Å². The van der Waals surface area contributed by atoms with E-state index >= 15 is 0 Å². The number of rotatable bonds is 7. The molecule has 0 radical (unpaired) electrons. The number of amides is 1. The van der Waals surface area contributed by atoms with E-state index in [2.05, 4.69) is 10.1 Å². The highest BCUT2D eigenvalue weighted by Gasteiger charge is 2.24.